The average molecular weight is 463 g/mol. The third-order valence-electron chi connectivity index (χ3n) is 6.28. The zero-order valence-corrected chi connectivity index (χ0v) is 20.3. The van der Waals surface area contributed by atoms with Crippen molar-refractivity contribution in [2.75, 3.05) is 6.54 Å². The number of nitrogens with zero attached hydrogens (tertiary/aromatic N) is 2. The van der Waals surface area contributed by atoms with Crippen molar-refractivity contribution in [2.24, 2.45) is 7.05 Å². The summed E-state index contributed by atoms with van der Waals surface area (Å²) in [7, 11) is 1.71. The predicted octanol–water partition coefficient (Wildman–Crippen LogP) is 5.43. The second kappa shape index (κ2) is 10.7. The van der Waals surface area contributed by atoms with Crippen LogP contribution >= 0.6 is 0 Å². The molecule has 1 aromatic heterocycles. The Hall–Kier alpha value is -3.38. The Morgan fingerprint density at radius 2 is 1.65 bits per heavy atom. The summed E-state index contributed by atoms with van der Waals surface area (Å²) < 4.78 is 1.52. The fourth-order valence-electron chi connectivity index (χ4n) is 4.33. The van der Waals surface area contributed by atoms with E-state index in [9.17, 15) is 19.8 Å². The third kappa shape index (κ3) is 6.58. The zero-order chi connectivity index (χ0) is 24.9. The van der Waals surface area contributed by atoms with E-state index in [0.717, 1.165) is 22.3 Å². The molecule has 3 rings (SSSR count). The van der Waals surface area contributed by atoms with Gasteiger partial charge in [-0.15, -0.1) is 0 Å². The molecule has 2 aromatic carbocycles. The lowest BCUT2D eigenvalue weighted by molar-refractivity contribution is 0.0598. The maximum Gasteiger partial charge on any atom is 0.407 e. The summed E-state index contributed by atoms with van der Waals surface area (Å²) >= 11 is 0. The van der Waals surface area contributed by atoms with Crippen molar-refractivity contribution in [1.82, 2.24) is 9.47 Å². The standard InChI is InChI=1S/C28H34N2O4/c1-20(21-10-12-23(13-11-21)24-14-16-29(4)26(31)18-24)30(27(32)33)17-15-25(19-28(2,3)34)22-8-6-5-7-9-22/h5-14,16,18,20,25,34H,15,17,19H2,1-4H3,(H,32,33)/t20-,25?/m0/s1. The number of aryl methyl sites for hydroxylation is 1. The number of pyridine rings is 1. The number of aliphatic hydroxyl groups is 1. The van der Waals surface area contributed by atoms with Gasteiger partial charge in [-0.1, -0.05) is 54.6 Å². The Morgan fingerprint density at radius 3 is 2.21 bits per heavy atom. The highest BCUT2D eigenvalue weighted by molar-refractivity contribution is 5.66. The summed E-state index contributed by atoms with van der Waals surface area (Å²) in [6, 6.07) is 20.7. The molecule has 1 heterocycles. The molecule has 0 aliphatic heterocycles. The van der Waals surface area contributed by atoms with Gasteiger partial charge in [0, 0.05) is 25.9 Å². The normalized spacial score (nSPS) is 13.3. The largest absolute Gasteiger partial charge is 0.465 e. The maximum atomic E-state index is 12.1. The van der Waals surface area contributed by atoms with Gasteiger partial charge in [0.2, 0.25) is 0 Å². The minimum absolute atomic E-state index is 0.0401. The maximum absolute atomic E-state index is 12.1. The monoisotopic (exact) mass is 462 g/mol. The molecule has 0 radical (unpaired) electrons. The molecule has 0 aliphatic carbocycles. The quantitative estimate of drug-likeness (QED) is 0.444. The van der Waals surface area contributed by atoms with Crippen molar-refractivity contribution < 1.29 is 15.0 Å². The topological polar surface area (TPSA) is 82.8 Å². The second-order valence-electron chi connectivity index (χ2n) is 9.55. The van der Waals surface area contributed by atoms with Crippen molar-refractivity contribution in [3.05, 3.63) is 94.4 Å². The molecule has 0 fully saturated rings. The smallest absolute Gasteiger partial charge is 0.407 e. The summed E-state index contributed by atoms with van der Waals surface area (Å²) in [5.41, 5.74) is 2.79. The van der Waals surface area contributed by atoms with E-state index in [1.165, 1.54) is 9.47 Å². The van der Waals surface area contributed by atoms with Crippen LogP contribution in [0.25, 0.3) is 11.1 Å². The Bertz CT molecular complexity index is 1150. The summed E-state index contributed by atoms with van der Waals surface area (Å²) in [4.78, 5) is 25.5. The van der Waals surface area contributed by atoms with E-state index in [0.29, 0.717) is 19.4 Å². The van der Waals surface area contributed by atoms with E-state index in [-0.39, 0.29) is 17.5 Å². The fraction of sp³-hybridized carbons (Fsp3) is 0.357. The van der Waals surface area contributed by atoms with Crippen LogP contribution in [0, 0.1) is 0 Å². The molecule has 0 bridgehead atoms. The minimum atomic E-state index is -0.974. The molecule has 2 atom stereocenters. The first-order valence-corrected chi connectivity index (χ1v) is 11.6. The first-order chi connectivity index (χ1) is 16.0. The van der Waals surface area contributed by atoms with Gasteiger partial charge >= 0.3 is 6.09 Å². The van der Waals surface area contributed by atoms with E-state index in [1.54, 1.807) is 33.2 Å². The van der Waals surface area contributed by atoms with Crippen molar-refractivity contribution in [3.63, 3.8) is 0 Å². The van der Waals surface area contributed by atoms with Gasteiger partial charge in [-0.25, -0.2) is 4.79 Å². The lowest BCUT2D eigenvalue weighted by Crippen LogP contribution is -2.34. The van der Waals surface area contributed by atoms with Gasteiger partial charge in [-0.05, 0) is 67.9 Å². The van der Waals surface area contributed by atoms with E-state index < -0.39 is 11.7 Å². The zero-order valence-electron chi connectivity index (χ0n) is 20.3. The van der Waals surface area contributed by atoms with Crippen LogP contribution in [0.4, 0.5) is 4.79 Å². The molecule has 3 aromatic rings. The summed E-state index contributed by atoms with van der Waals surface area (Å²) in [5, 5.41) is 20.4. The Balaban J connectivity index is 1.76. The van der Waals surface area contributed by atoms with Gasteiger partial charge in [-0.2, -0.15) is 0 Å². The number of carboxylic acid groups (broad SMARTS) is 1. The van der Waals surface area contributed by atoms with Crippen LogP contribution in [0.15, 0.2) is 77.7 Å². The van der Waals surface area contributed by atoms with Crippen molar-refractivity contribution in [3.8, 4) is 11.1 Å². The summed E-state index contributed by atoms with van der Waals surface area (Å²) in [6.45, 7) is 5.80. The molecule has 0 spiro atoms. The third-order valence-corrected chi connectivity index (χ3v) is 6.28. The fourth-order valence-corrected chi connectivity index (χ4v) is 4.33. The SMILES string of the molecule is C[C@@H](c1ccc(-c2ccn(C)c(=O)c2)cc1)N(CCC(CC(C)(C)O)c1ccccc1)C(=O)O. The number of hydrogen-bond donors (Lipinski definition) is 2. The molecule has 0 saturated heterocycles. The van der Waals surface area contributed by atoms with Crippen molar-refractivity contribution >= 4 is 6.09 Å². The molecular formula is C28H34N2O4. The molecule has 0 saturated carbocycles. The highest BCUT2D eigenvalue weighted by Gasteiger charge is 2.26. The number of amides is 1. The molecule has 6 heteroatoms. The molecule has 0 aliphatic rings. The predicted molar refractivity (Wildman–Crippen MR) is 135 cm³/mol. The second-order valence-corrected chi connectivity index (χ2v) is 9.55. The number of carbonyl (C=O) groups is 1. The molecule has 180 valence electrons. The van der Waals surface area contributed by atoms with Gasteiger partial charge in [0.25, 0.3) is 5.56 Å². The van der Waals surface area contributed by atoms with Gasteiger partial charge in [0.05, 0.1) is 11.6 Å². The Morgan fingerprint density at radius 1 is 1.00 bits per heavy atom. The van der Waals surface area contributed by atoms with Crippen LogP contribution in [-0.2, 0) is 7.05 Å². The van der Waals surface area contributed by atoms with Crippen LogP contribution in [0.1, 0.15) is 56.7 Å². The van der Waals surface area contributed by atoms with Gasteiger partial charge in [0.15, 0.2) is 0 Å². The van der Waals surface area contributed by atoms with Crippen LogP contribution in [0.3, 0.4) is 0 Å². The van der Waals surface area contributed by atoms with Crippen molar-refractivity contribution in [1.29, 1.82) is 0 Å². The Kier molecular flexibility index (Phi) is 7.94. The lowest BCUT2D eigenvalue weighted by Gasteiger charge is -2.31. The highest BCUT2D eigenvalue weighted by Crippen LogP contribution is 2.31. The molecule has 6 nitrogen and oxygen atoms in total. The summed E-state index contributed by atoms with van der Waals surface area (Å²) in [6.07, 6.45) is 1.91. The van der Waals surface area contributed by atoms with Crippen molar-refractivity contribution in [2.45, 2.75) is 51.2 Å². The van der Waals surface area contributed by atoms with Gasteiger partial charge < -0.3 is 19.7 Å². The average Bonchev–Trinajstić information content (AvgIpc) is 2.80. The van der Waals surface area contributed by atoms with E-state index >= 15 is 0 Å². The van der Waals surface area contributed by atoms with Crippen LogP contribution < -0.4 is 5.56 Å². The molecule has 1 unspecified atom stereocenters. The van der Waals surface area contributed by atoms with Crippen LogP contribution in [0.2, 0.25) is 0 Å². The minimum Gasteiger partial charge on any atom is -0.465 e. The number of hydrogen-bond acceptors (Lipinski definition) is 3. The first kappa shape index (κ1) is 25.2. The van der Waals surface area contributed by atoms with Crippen LogP contribution in [-0.4, -0.2) is 37.9 Å². The molecule has 34 heavy (non-hydrogen) atoms. The van der Waals surface area contributed by atoms with E-state index in [2.05, 4.69) is 0 Å². The number of rotatable bonds is 9. The Labute approximate surface area is 201 Å². The highest BCUT2D eigenvalue weighted by atomic mass is 16.4. The number of aromatic nitrogens is 1. The molecule has 1 amide bonds. The van der Waals surface area contributed by atoms with E-state index in [1.807, 2.05) is 67.6 Å². The molecular weight excluding hydrogens is 428 g/mol. The molecule has 2 N–H and O–H groups in total. The first-order valence-electron chi connectivity index (χ1n) is 11.6. The lowest BCUT2D eigenvalue weighted by atomic mass is 9.85. The van der Waals surface area contributed by atoms with Gasteiger partial charge in [0.1, 0.15) is 0 Å². The number of benzene rings is 2. The van der Waals surface area contributed by atoms with Gasteiger partial charge in [-0.3, -0.25) is 4.79 Å². The van der Waals surface area contributed by atoms with Crippen LogP contribution in [0.5, 0.6) is 0 Å². The van der Waals surface area contributed by atoms with E-state index in [4.69, 9.17) is 0 Å². The summed E-state index contributed by atoms with van der Waals surface area (Å²) in [5.74, 6) is 0.0401.